The molecule has 0 aliphatic heterocycles. The Morgan fingerprint density at radius 2 is 2.22 bits per heavy atom. The highest BCUT2D eigenvalue weighted by atomic mass is 35.5. The van der Waals surface area contributed by atoms with Crippen molar-refractivity contribution in [2.24, 2.45) is 0 Å². The lowest BCUT2D eigenvalue weighted by Crippen LogP contribution is -2.38. The Morgan fingerprint density at radius 3 is 2.78 bits per heavy atom. The summed E-state index contributed by atoms with van der Waals surface area (Å²) in [6, 6.07) is 2.82. The molecule has 1 N–H and O–H groups in total. The molecule has 0 bridgehead atoms. The molecular formula is C10H14ClN3O3S. The molecule has 8 heteroatoms. The summed E-state index contributed by atoms with van der Waals surface area (Å²) < 4.78 is 25.2. The van der Waals surface area contributed by atoms with E-state index in [1.54, 1.807) is 6.92 Å². The van der Waals surface area contributed by atoms with Crippen LogP contribution in [0.25, 0.3) is 0 Å². The second-order valence-corrected chi connectivity index (χ2v) is 5.88. The Labute approximate surface area is 111 Å². The molecule has 0 aliphatic rings. The summed E-state index contributed by atoms with van der Waals surface area (Å²) in [7, 11) is -2.49. The van der Waals surface area contributed by atoms with Gasteiger partial charge in [-0.25, -0.2) is 13.4 Å². The number of hydrogen-bond acceptors (Lipinski definition) is 4. The zero-order valence-corrected chi connectivity index (χ0v) is 11.6. The van der Waals surface area contributed by atoms with E-state index in [0.29, 0.717) is 6.54 Å². The first-order valence-corrected chi connectivity index (χ1v) is 7.05. The number of pyridine rings is 1. The van der Waals surface area contributed by atoms with Crippen LogP contribution in [0.4, 0.5) is 0 Å². The Hall–Kier alpha value is -1.18. The second kappa shape index (κ2) is 6.12. The van der Waals surface area contributed by atoms with Crippen molar-refractivity contribution >= 4 is 27.5 Å². The quantitative estimate of drug-likeness (QED) is 0.801. The number of sulfonamides is 1. The third-order valence-corrected chi connectivity index (χ3v) is 4.40. The lowest BCUT2D eigenvalue weighted by atomic mass is 10.5. The molecule has 0 atom stereocenters. The molecule has 0 radical (unpaired) electrons. The number of halogens is 1. The van der Waals surface area contributed by atoms with Gasteiger partial charge in [-0.3, -0.25) is 4.79 Å². The molecule has 100 valence electrons. The molecule has 1 heterocycles. The van der Waals surface area contributed by atoms with Crippen molar-refractivity contribution in [3.05, 3.63) is 23.5 Å². The lowest BCUT2D eigenvalue weighted by molar-refractivity contribution is -0.121. The summed E-state index contributed by atoms with van der Waals surface area (Å²) in [6.45, 7) is 1.94. The molecule has 0 fully saturated rings. The molecule has 0 spiro atoms. The van der Waals surface area contributed by atoms with Gasteiger partial charge < -0.3 is 5.32 Å². The molecule has 1 amide bonds. The van der Waals surface area contributed by atoms with Gasteiger partial charge in [-0.2, -0.15) is 4.31 Å². The van der Waals surface area contributed by atoms with Crippen LogP contribution in [0.5, 0.6) is 0 Å². The van der Waals surface area contributed by atoms with E-state index in [2.05, 4.69) is 10.3 Å². The van der Waals surface area contributed by atoms with Gasteiger partial charge in [0.1, 0.15) is 10.0 Å². The van der Waals surface area contributed by atoms with Gasteiger partial charge in [0, 0.05) is 19.8 Å². The van der Waals surface area contributed by atoms with E-state index in [1.807, 2.05) is 0 Å². The number of carbonyl (C=O) groups excluding carboxylic acids is 1. The van der Waals surface area contributed by atoms with E-state index in [9.17, 15) is 13.2 Å². The minimum Gasteiger partial charge on any atom is -0.355 e. The van der Waals surface area contributed by atoms with Crippen molar-refractivity contribution in [3.63, 3.8) is 0 Å². The van der Waals surface area contributed by atoms with Crippen molar-refractivity contribution in [1.29, 1.82) is 0 Å². The maximum Gasteiger partial charge on any atom is 0.246 e. The first-order chi connectivity index (χ1) is 8.39. The predicted octanol–water partition coefficient (Wildman–Crippen LogP) is 0.492. The van der Waals surface area contributed by atoms with E-state index in [0.717, 1.165) is 4.31 Å². The smallest absolute Gasteiger partial charge is 0.246 e. The number of rotatable bonds is 5. The monoisotopic (exact) mass is 291 g/mol. The van der Waals surface area contributed by atoms with Gasteiger partial charge in [0.2, 0.25) is 15.9 Å². The lowest BCUT2D eigenvalue weighted by Gasteiger charge is -2.16. The fourth-order valence-electron chi connectivity index (χ4n) is 1.27. The zero-order chi connectivity index (χ0) is 13.8. The third kappa shape index (κ3) is 3.41. The van der Waals surface area contributed by atoms with E-state index in [-0.39, 0.29) is 22.5 Å². The van der Waals surface area contributed by atoms with Gasteiger partial charge in [0.05, 0.1) is 6.54 Å². The van der Waals surface area contributed by atoms with Crippen LogP contribution >= 0.6 is 11.6 Å². The molecule has 1 aromatic heterocycles. The van der Waals surface area contributed by atoms with E-state index in [1.165, 1.54) is 25.4 Å². The number of amides is 1. The number of hydrogen-bond donors (Lipinski definition) is 1. The van der Waals surface area contributed by atoms with Crippen LogP contribution in [-0.2, 0) is 14.8 Å². The van der Waals surface area contributed by atoms with Gasteiger partial charge >= 0.3 is 0 Å². The maximum absolute atomic E-state index is 12.1. The number of likely N-dealkylation sites (N-methyl/N-ethyl adjacent to an activating group) is 2. The van der Waals surface area contributed by atoms with Crippen molar-refractivity contribution in [2.45, 2.75) is 11.8 Å². The van der Waals surface area contributed by atoms with Gasteiger partial charge in [-0.05, 0) is 19.1 Å². The largest absolute Gasteiger partial charge is 0.355 e. The molecule has 6 nitrogen and oxygen atoms in total. The first-order valence-electron chi connectivity index (χ1n) is 5.23. The molecule has 0 saturated heterocycles. The topological polar surface area (TPSA) is 79.4 Å². The minimum absolute atomic E-state index is 0.111. The Morgan fingerprint density at radius 1 is 1.56 bits per heavy atom. The van der Waals surface area contributed by atoms with E-state index >= 15 is 0 Å². The second-order valence-electron chi connectivity index (χ2n) is 3.51. The number of carbonyl (C=O) groups is 1. The minimum atomic E-state index is -3.80. The predicted molar refractivity (Wildman–Crippen MR) is 67.7 cm³/mol. The molecule has 0 unspecified atom stereocenters. The van der Waals surface area contributed by atoms with Gasteiger partial charge in [0.25, 0.3) is 0 Å². The first kappa shape index (κ1) is 14.9. The normalized spacial score (nSPS) is 11.6. The van der Waals surface area contributed by atoms with Gasteiger partial charge in [0.15, 0.2) is 0 Å². The summed E-state index contributed by atoms with van der Waals surface area (Å²) in [5.74, 6) is -0.372. The Kier molecular flexibility index (Phi) is 5.06. The highest BCUT2D eigenvalue weighted by Crippen LogP contribution is 2.20. The van der Waals surface area contributed by atoms with Gasteiger partial charge in [-0.1, -0.05) is 11.6 Å². The number of nitrogens with one attached hydrogen (secondary N) is 1. The fourth-order valence-corrected chi connectivity index (χ4v) is 2.82. The summed E-state index contributed by atoms with van der Waals surface area (Å²) in [5.41, 5.74) is 0. The molecule has 0 aliphatic carbocycles. The molecule has 1 rings (SSSR count). The zero-order valence-electron chi connectivity index (χ0n) is 10.1. The average Bonchev–Trinajstić information content (AvgIpc) is 2.29. The van der Waals surface area contributed by atoms with Crippen molar-refractivity contribution in [2.75, 3.05) is 20.1 Å². The van der Waals surface area contributed by atoms with Crippen LogP contribution in [0.3, 0.4) is 0 Å². The van der Waals surface area contributed by atoms with Crippen molar-refractivity contribution < 1.29 is 13.2 Å². The van der Waals surface area contributed by atoms with Crippen LogP contribution in [0.15, 0.2) is 23.2 Å². The highest BCUT2D eigenvalue weighted by molar-refractivity contribution is 7.89. The Bertz CT molecular complexity index is 533. The van der Waals surface area contributed by atoms with Crippen LogP contribution in [0.2, 0.25) is 5.15 Å². The Balaban J connectivity index is 2.94. The number of nitrogens with zero attached hydrogens (tertiary/aromatic N) is 2. The molecule has 0 saturated carbocycles. The summed E-state index contributed by atoms with van der Waals surface area (Å²) in [6.07, 6.45) is 1.39. The van der Waals surface area contributed by atoms with Crippen LogP contribution < -0.4 is 5.32 Å². The summed E-state index contributed by atoms with van der Waals surface area (Å²) in [4.78, 5) is 14.9. The standard InChI is InChI=1S/C10H14ClN3O3S/c1-3-12-9(15)7-14(2)18(16,17)8-5-4-6-13-10(8)11/h4-6H,3,7H2,1-2H3,(H,12,15). The molecule has 1 aromatic rings. The van der Waals surface area contributed by atoms with Crippen LogP contribution in [0, 0.1) is 0 Å². The maximum atomic E-state index is 12.1. The summed E-state index contributed by atoms with van der Waals surface area (Å²) >= 11 is 5.73. The average molecular weight is 292 g/mol. The number of aromatic nitrogens is 1. The fraction of sp³-hybridized carbons (Fsp3) is 0.400. The van der Waals surface area contributed by atoms with Crippen LogP contribution in [-0.4, -0.2) is 43.8 Å². The molecular weight excluding hydrogens is 278 g/mol. The van der Waals surface area contributed by atoms with Gasteiger partial charge in [-0.15, -0.1) is 0 Å². The van der Waals surface area contributed by atoms with E-state index in [4.69, 9.17) is 11.6 Å². The highest BCUT2D eigenvalue weighted by Gasteiger charge is 2.25. The van der Waals surface area contributed by atoms with E-state index < -0.39 is 10.0 Å². The molecule has 0 aromatic carbocycles. The van der Waals surface area contributed by atoms with Crippen molar-refractivity contribution in [3.8, 4) is 0 Å². The summed E-state index contributed by atoms with van der Waals surface area (Å²) in [5, 5.41) is 2.41. The third-order valence-electron chi connectivity index (χ3n) is 2.15. The van der Waals surface area contributed by atoms with Crippen LogP contribution in [0.1, 0.15) is 6.92 Å². The SMILES string of the molecule is CCNC(=O)CN(C)S(=O)(=O)c1cccnc1Cl. The molecule has 18 heavy (non-hydrogen) atoms. The van der Waals surface area contributed by atoms with Crippen molar-refractivity contribution in [1.82, 2.24) is 14.6 Å².